The van der Waals surface area contributed by atoms with Crippen molar-refractivity contribution in [1.29, 1.82) is 0 Å². The van der Waals surface area contributed by atoms with Crippen LogP contribution in [-0.2, 0) is 0 Å². The average Bonchev–Trinajstić information content (AvgIpc) is 2.80. The number of benzene rings is 4. The first kappa shape index (κ1) is 17.7. The van der Waals surface area contributed by atoms with E-state index >= 15 is 0 Å². The fraction of sp³-hybridized carbons (Fsp3) is 0. The van der Waals surface area contributed by atoms with Crippen molar-refractivity contribution in [2.75, 3.05) is 10.6 Å². The Morgan fingerprint density at radius 2 is 0.967 bits per heavy atom. The van der Waals surface area contributed by atoms with E-state index in [1.807, 2.05) is 60.7 Å². The Morgan fingerprint density at radius 3 is 1.47 bits per heavy atom. The second kappa shape index (κ2) is 6.97. The molecule has 0 bridgehead atoms. The van der Waals surface area contributed by atoms with Crippen LogP contribution in [0, 0.1) is 0 Å². The Bertz CT molecular complexity index is 1230. The smallest absolute Gasteiger partial charge is 0.197 e. The molecule has 144 valence electrons. The van der Waals surface area contributed by atoms with Gasteiger partial charge in [0.25, 0.3) is 0 Å². The van der Waals surface area contributed by atoms with Crippen LogP contribution in [0.15, 0.2) is 105 Å². The first-order valence-electron chi connectivity index (χ1n) is 9.66. The number of carbonyl (C=O) groups excluding carboxylic acids is 1. The fourth-order valence-corrected chi connectivity index (χ4v) is 5.88. The van der Waals surface area contributed by atoms with Crippen LogP contribution in [0.25, 0.3) is 0 Å². The van der Waals surface area contributed by atoms with E-state index in [9.17, 15) is 4.79 Å². The highest BCUT2D eigenvalue weighted by molar-refractivity contribution is 8.00. The molecular formula is C25H16N2OS2. The lowest BCUT2D eigenvalue weighted by atomic mass is 9.99. The number of nitrogens with one attached hydrogen (secondary N) is 2. The molecule has 2 aliphatic heterocycles. The highest BCUT2D eigenvalue weighted by Gasteiger charge is 2.26. The Labute approximate surface area is 182 Å². The summed E-state index contributed by atoms with van der Waals surface area (Å²) in [4.78, 5) is 18.2. The third-order valence-electron chi connectivity index (χ3n) is 5.27. The van der Waals surface area contributed by atoms with Gasteiger partial charge >= 0.3 is 0 Å². The molecule has 4 aromatic rings. The van der Waals surface area contributed by atoms with Gasteiger partial charge in [-0.1, -0.05) is 59.9 Å². The zero-order valence-electron chi connectivity index (χ0n) is 15.8. The van der Waals surface area contributed by atoms with Crippen LogP contribution in [-0.4, -0.2) is 5.78 Å². The summed E-state index contributed by atoms with van der Waals surface area (Å²) in [6.45, 7) is 0. The number of fused-ring (bicyclic) bond motifs is 4. The number of para-hydroxylation sites is 4. The maximum Gasteiger partial charge on any atom is 0.197 e. The van der Waals surface area contributed by atoms with Crippen molar-refractivity contribution in [3.8, 4) is 0 Å². The summed E-state index contributed by atoms with van der Waals surface area (Å²) in [6, 6.07) is 28.2. The molecule has 0 aliphatic carbocycles. The molecule has 30 heavy (non-hydrogen) atoms. The molecule has 0 atom stereocenters. The topological polar surface area (TPSA) is 41.1 Å². The molecule has 0 saturated carbocycles. The molecule has 2 aliphatic rings. The Morgan fingerprint density at radius 1 is 0.533 bits per heavy atom. The molecule has 4 aromatic carbocycles. The van der Waals surface area contributed by atoms with Gasteiger partial charge in [0, 0.05) is 30.7 Å². The number of carbonyl (C=O) groups is 1. The first-order chi connectivity index (χ1) is 14.8. The quantitative estimate of drug-likeness (QED) is 0.285. The lowest BCUT2D eigenvalue weighted by Crippen LogP contribution is -2.12. The van der Waals surface area contributed by atoms with Crippen LogP contribution < -0.4 is 10.6 Å². The number of rotatable bonds is 2. The molecule has 0 aromatic heterocycles. The first-order valence-corrected chi connectivity index (χ1v) is 11.3. The van der Waals surface area contributed by atoms with Gasteiger partial charge in [0.05, 0.1) is 22.7 Å². The van der Waals surface area contributed by atoms with Crippen molar-refractivity contribution in [3.05, 3.63) is 96.1 Å². The summed E-state index contributed by atoms with van der Waals surface area (Å²) in [6.07, 6.45) is 0. The van der Waals surface area contributed by atoms with Crippen molar-refractivity contribution in [2.24, 2.45) is 0 Å². The predicted octanol–water partition coefficient (Wildman–Crippen LogP) is 7.33. The minimum atomic E-state index is 0.0173. The van der Waals surface area contributed by atoms with Crippen molar-refractivity contribution in [1.82, 2.24) is 0 Å². The second-order valence-electron chi connectivity index (χ2n) is 7.13. The molecule has 0 spiro atoms. The molecule has 0 unspecified atom stereocenters. The van der Waals surface area contributed by atoms with E-state index < -0.39 is 0 Å². The van der Waals surface area contributed by atoms with Gasteiger partial charge in [0.1, 0.15) is 0 Å². The number of hydrogen-bond donors (Lipinski definition) is 2. The van der Waals surface area contributed by atoms with Gasteiger partial charge in [-0.3, -0.25) is 4.79 Å². The van der Waals surface area contributed by atoms with Gasteiger partial charge in [-0.05, 0) is 48.5 Å². The van der Waals surface area contributed by atoms with E-state index in [2.05, 4.69) is 34.9 Å². The van der Waals surface area contributed by atoms with E-state index in [1.165, 1.54) is 9.79 Å². The molecule has 0 saturated heterocycles. The molecule has 3 nitrogen and oxygen atoms in total. The molecule has 2 heterocycles. The normalized spacial score (nSPS) is 13.1. The van der Waals surface area contributed by atoms with Gasteiger partial charge in [-0.15, -0.1) is 0 Å². The Kier molecular flexibility index (Phi) is 4.11. The molecule has 0 amide bonds. The number of hydrogen-bond acceptors (Lipinski definition) is 5. The molecular weight excluding hydrogens is 408 g/mol. The maximum absolute atomic E-state index is 13.7. The van der Waals surface area contributed by atoms with Gasteiger partial charge in [0.2, 0.25) is 0 Å². The third kappa shape index (κ3) is 2.82. The van der Waals surface area contributed by atoms with Gasteiger partial charge in [0.15, 0.2) is 5.78 Å². The minimum absolute atomic E-state index is 0.0173. The van der Waals surface area contributed by atoms with Crippen LogP contribution in [0.5, 0.6) is 0 Å². The summed E-state index contributed by atoms with van der Waals surface area (Å²) in [5.41, 5.74) is 5.21. The highest BCUT2D eigenvalue weighted by Crippen LogP contribution is 2.48. The second-order valence-corrected chi connectivity index (χ2v) is 9.30. The van der Waals surface area contributed by atoms with E-state index in [4.69, 9.17) is 0 Å². The van der Waals surface area contributed by atoms with Crippen LogP contribution >= 0.6 is 23.5 Å². The molecule has 0 radical (unpaired) electrons. The number of ketones is 1. The zero-order chi connectivity index (χ0) is 20.1. The average molecular weight is 425 g/mol. The Balaban J connectivity index is 1.43. The molecule has 5 heteroatoms. The largest absolute Gasteiger partial charge is 0.353 e. The van der Waals surface area contributed by atoms with Crippen LogP contribution in [0.2, 0.25) is 0 Å². The summed E-state index contributed by atoms with van der Waals surface area (Å²) in [5.74, 6) is 0.0173. The van der Waals surface area contributed by atoms with Crippen molar-refractivity contribution >= 4 is 52.1 Å². The highest BCUT2D eigenvalue weighted by atomic mass is 32.2. The van der Waals surface area contributed by atoms with Crippen molar-refractivity contribution in [2.45, 2.75) is 19.6 Å². The number of anilines is 4. The lowest BCUT2D eigenvalue weighted by Gasteiger charge is -2.25. The van der Waals surface area contributed by atoms with Crippen LogP contribution in [0.4, 0.5) is 22.7 Å². The van der Waals surface area contributed by atoms with Gasteiger partial charge in [-0.25, -0.2) is 0 Å². The van der Waals surface area contributed by atoms with Crippen molar-refractivity contribution < 1.29 is 4.79 Å². The van der Waals surface area contributed by atoms with E-state index in [0.29, 0.717) is 11.1 Å². The summed E-state index contributed by atoms with van der Waals surface area (Å²) < 4.78 is 0. The van der Waals surface area contributed by atoms with Gasteiger partial charge in [-0.2, -0.15) is 0 Å². The van der Waals surface area contributed by atoms with Crippen molar-refractivity contribution in [3.63, 3.8) is 0 Å². The minimum Gasteiger partial charge on any atom is -0.353 e. The summed E-state index contributed by atoms with van der Waals surface area (Å²) in [5, 5.41) is 6.98. The monoisotopic (exact) mass is 424 g/mol. The summed E-state index contributed by atoms with van der Waals surface area (Å²) >= 11 is 3.39. The van der Waals surface area contributed by atoms with E-state index in [0.717, 1.165) is 32.5 Å². The Hall–Kier alpha value is -3.15. The van der Waals surface area contributed by atoms with Crippen LogP contribution in [0.1, 0.15) is 15.9 Å². The predicted molar refractivity (Wildman–Crippen MR) is 124 cm³/mol. The third-order valence-corrected chi connectivity index (χ3v) is 7.55. The zero-order valence-corrected chi connectivity index (χ0v) is 17.4. The van der Waals surface area contributed by atoms with Gasteiger partial charge < -0.3 is 10.6 Å². The van der Waals surface area contributed by atoms with E-state index in [1.54, 1.807) is 23.5 Å². The lowest BCUT2D eigenvalue weighted by molar-refractivity contribution is 0.104. The SMILES string of the molecule is O=C(c1cccc2c1Nc1ccccc1S2)c1cccc2c1Nc1ccccc1S2. The van der Waals surface area contributed by atoms with Crippen LogP contribution in [0.3, 0.4) is 0 Å². The molecule has 0 fully saturated rings. The molecule has 6 rings (SSSR count). The fourth-order valence-electron chi connectivity index (χ4n) is 3.84. The van der Waals surface area contributed by atoms with E-state index in [-0.39, 0.29) is 5.78 Å². The standard InChI is InChI=1S/C25H16N2OS2/c28-25(15-7-5-13-21-23(15)26-17-9-1-3-11-19(17)29-21)16-8-6-14-22-24(16)27-18-10-2-4-12-20(18)30-22/h1-14,26-27H. The maximum atomic E-state index is 13.7. The molecule has 2 N–H and O–H groups in total. The summed E-state index contributed by atoms with van der Waals surface area (Å²) in [7, 11) is 0.